The van der Waals surface area contributed by atoms with Gasteiger partial charge in [-0.05, 0) is 48.6 Å². The second-order valence-electron chi connectivity index (χ2n) is 6.79. The minimum atomic E-state index is -4.55. The fraction of sp³-hybridized carbons (Fsp3) is 0.316. The van der Waals surface area contributed by atoms with Crippen molar-refractivity contribution in [2.75, 3.05) is 0 Å². The number of carbonyl (C=O) groups is 2. The van der Waals surface area contributed by atoms with Gasteiger partial charge in [0.25, 0.3) is 5.91 Å². The van der Waals surface area contributed by atoms with Gasteiger partial charge in [0.2, 0.25) is 5.88 Å². The molecule has 0 unspecified atom stereocenters. The Morgan fingerprint density at radius 3 is 2.69 bits per heavy atom. The summed E-state index contributed by atoms with van der Waals surface area (Å²) in [5.41, 5.74) is 0.801. The largest absolute Gasteiger partial charge is 0.438 e. The van der Waals surface area contributed by atoms with E-state index >= 15 is 0 Å². The van der Waals surface area contributed by atoms with Crippen LogP contribution in [0.15, 0.2) is 30.5 Å². The molecule has 10 heteroatoms. The molecule has 4 rings (SSSR count). The lowest BCUT2D eigenvalue weighted by Crippen LogP contribution is -2.31. The molecule has 2 amide bonds. The monoisotopic (exact) mass is 426 g/mol. The van der Waals surface area contributed by atoms with Gasteiger partial charge in [0.15, 0.2) is 6.10 Å². The number of fused-ring (bicyclic) bond motifs is 1. The number of hydrogen-bond donors (Lipinski definition) is 1. The highest BCUT2D eigenvalue weighted by molar-refractivity contribution is 6.31. The summed E-state index contributed by atoms with van der Waals surface area (Å²) in [6.07, 6.45) is -3.34. The molecule has 1 aromatic heterocycles. The molecule has 0 saturated carbocycles. The minimum Gasteiger partial charge on any atom is -0.438 e. The van der Waals surface area contributed by atoms with Crippen LogP contribution in [0.2, 0.25) is 5.02 Å². The number of alkyl halides is 3. The van der Waals surface area contributed by atoms with Gasteiger partial charge in [0.05, 0.1) is 5.56 Å². The molecule has 2 heterocycles. The number of aryl methyl sites for hydroxylation is 1. The summed E-state index contributed by atoms with van der Waals surface area (Å²) in [7, 11) is 0. The first-order valence-electron chi connectivity index (χ1n) is 8.77. The van der Waals surface area contributed by atoms with E-state index in [1.54, 1.807) is 18.2 Å². The summed E-state index contributed by atoms with van der Waals surface area (Å²) < 4.78 is 48.9. The second kappa shape index (κ2) is 7.22. The second-order valence-corrected chi connectivity index (χ2v) is 7.19. The SMILES string of the molecule is O=C1NC(=O)[C@H]([C@@H]2CCCc3cc(Oc4ncc(C(F)(F)F)cc4Cl)ccc32)O1. The molecular weight excluding hydrogens is 413 g/mol. The molecule has 6 nitrogen and oxygen atoms in total. The smallest absolute Gasteiger partial charge is 0.417 e. The molecule has 1 aliphatic heterocycles. The number of aromatic nitrogens is 1. The predicted molar refractivity (Wildman–Crippen MR) is 94.9 cm³/mol. The van der Waals surface area contributed by atoms with Gasteiger partial charge >= 0.3 is 12.3 Å². The molecule has 2 aliphatic rings. The third-order valence-electron chi connectivity index (χ3n) is 4.91. The molecule has 2 aromatic rings. The van der Waals surface area contributed by atoms with E-state index in [1.165, 1.54) is 0 Å². The first-order chi connectivity index (χ1) is 13.7. The van der Waals surface area contributed by atoms with Crippen LogP contribution in [0, 0.1) is 0 Å². The summed E-state index contributed by atoms with van der Waals surface area (Å²) in [6.45, 7) is 0. The lowest BCUT2D eigenvalue weighted by atomic mass is 9.79. The van der Waals surface area contributed by atoms with Crippen molar-refractivity contribution >= 4 is 23.6 Å². The average Bonchev–Trinajstić information content (AvgIpc) is 3.00. The number of cyclic esters (lactones) is 1. The molecular formula is C19H14ClF3N2O4. The van der Waals surface area contributed by atoms with Crippen molar-refractivity contribution in [1.29, 1.82) is 0 Å². The minimum absolute atomic E-state index is 0.143. The number of nitrogens with one attached hydrogen (secondary N) is 1. The Kier molecular flexibility index (Phi) is 4.85. The number of imide groups is 1. The lowest BCUT2D eigenvalue weighted by Gasteiger charge is -2.28. The third kappa shape index (κ3) is 3.87. The molecule has 152 valence electrons. The zero-order valence-electron chi connectivity index (χ0n) is 14.8. The van der Waals surface area contributed by atoms with E-state index in [1.807, 2.05) is 0 Å². The van der Waals surface area contributed by atoms with Crippen molar-refractivity contribution in [2.45, 2.75) is 37.5 Å². The summed E-state index contributed by atoms with van der Waals surface area (Å²) in [5, 5.41) is 1.87. The molecule has 1 fully saturated rings. The number of amides is 2. The number of nitrogens with zero attached hydrogens (tertiary/aromatic N) is 1. The van der Waals surface area contributed by atoms with Gasteiger partial charge in [-0.15, -0.1) is 0 Å². The Morgan fingerprint density at radius 2 is 2.03 bits per heavy atom. The van der Waals surface area contributed by atoms with Gasteiger partial charge in [0, 0.05) is 12.1 Å². The van der Waals surface area contributed by atoms with Crippen molar-refractivity contribution in [3.63, 3.8) is 0 Å². The van der Waals surface area contributed by atoms with Crippen molar-refractivity contribution in [3.05, 3.63) is 52.2 Å². The Hall–Kier alpha value is -2.81. The van der Waals surface area contributed by atoms with E-state index in [4.69, 9.17) is 21.1 Å². The van der Waals surface area contributed by atoms with Crippen LogP contribution in [0.3, 0.4) is 0 Å². The van der Waals surface area contributed by atoms with E-state index in [2.05, 4.69) is 10.3 Å². The molecule has 2 atom stereocenters. The molecule has 1 saturated heterocycles. The first kappa shape index (κ1) is 19.5. The third-order valence-corrected chi connectivity index (χ3v) is 5.18. The van der Waals surface area contributed by atoms with Crippen LogP contribution in [0.4, 0.5) is 18.0 Å². The number of rotatable bonds is 3. The number of hydrogen-bond acceptors (Lipinski definition) is 5. The molecule has 1 aliphatic carbocycles. The van der Waals surface area contributed by atoms with Crippen LogP contribution in [0.1, 0.15) is 35.4 Å². The fourth-order valence-corrected chi connectivity index (χ4v) is 3.81. The predicted octanol–water partition coefficient (Wildman–Crippen LogP) is 4.60. The van der Waals surface area contributed by atoms with Gasteiger partial charge in [-0.3, -0.25) is 10.1 Å². The van der Waals surface area contributed by atoms with Gasteiger partial charge in [-0.25, -0.2) is 9.78 Å². The zero-order valence-corrected chi connectivity index (χ0v) is 15.5. The molecule has 1 N–H and O–H groups in total. The quantitative estimate of drug-likeness (QED) is 0.776. The van der Waals surface area contributed by atoms with Gasteiger partial charge in [0.1, 0.15) is 10.8 Å². The molecule has 0 radical (unpaired) electrons. The number of benzene rings is 1. The fourth-order valence-electron chi connectivity index (χ4n) is 3.61. The van der Waals surface area contributed by atoms with Crippen LogP contribution < -0.4 is 10.1 Å². The van der Waals surface area contributed by atoms with Gasteiger partial charge < -0.3 is 9.47 Å². The summed E-state index contributed by atoms with van der Waals surface area (Å²) in [5.74, 6) is -0.525. The van der Waals surface area contributed by atoms with Crippen LogP contribution in [0.5, 0.6) is 11.6 Å². The van der Waals surface area contributed by atoms with Crippen LogP contribution in [-0.4, -0.2) is 23.1 Å². The van der Waals surface area contributed by atoms with Crippen LogP contribution >= 0.6 is 11.6 Å². The van der Waals surface area contributed by atoms with E-state index in [0.717, 1.165) is 30.0 Å². The van der Waals surface area contributed by atoms with E-state index < -0.39 is 29.8 Å². The first-order valence-corrected chi connectivity index (χ1v) is 9.15. The highest BCUT2D eigenvalue weighted by atomic mass is 35.5. The molecule has 0 spiro atoms. The number of halogens is 4. The summed E-state index contributed by atoms with van der Waals surface area (Å²) in [4.78, 5) is 26.9. The maximum Gasteiger partial charge on any atom is 0.417 e. The molecule has 1 aromatic carbocycles. The van der Waals surface area contributed by atoms with Crippen LogP contribution in [-0.2, 0) is 22.1 Å². The van der Waals surface area contributed by atoms with Crippen molar-refractivity contribution in [2.24, 2.45) is 0 Å². The normalized spacial score (nSPS) is 21.4. The summed E-state index contributed by atoms with van der Waals surface area (Å²) in [6, 6.07) is 5.85. The highest BCUT2D eigenvalue weighted by Crippen LogP contribution is 2.39. The topological polar surface area (TPSA) is 77.5 Å². The average molecular weight is 427 g/mol. The maximum absolute atomic E-state index is 12.7. The maximum atomic E-state index is 12.7. The number of ether oxygens (including phenoxy) is 2. The number of alkyl carbamates (subject to hydrolysis) is 1. The van der Waals surface area contributed by atoms with Gasteiger partial charge in [-0.1, -0.05) is 17.7 Å². The van der Waals surface area contributed by atoms with Crippen molar-refractivity contribution < 1.29 is 32.2 Å². The summed E-state index contributed by atoms with van der Waals surface area (Å²) >= 11 is 5.89. The van der Waals surface area contributed by atoms with E-state index in [9.17, 15) is 22.8 Å². The zero-order chi connectivity index (χ0) is 20.8. The van der Waals surface area contributed by atoms with Crippen LogP contribution in [0.25, 0.3) is 0 Å². The van der Waals surface area contributed by atoms with E-state index in [0.29, 0.717) is 18.4 Å². The Balaban J connectivity index is 1.57. The Labute approximate surface area is 168 Å². The molecule has 29 heavy (non-hydrogen) atoms. The number of pyridine rings is 1. The Morgan fingerprint density at radius 1 is 1.24 bits per heavy atom. The molecule has 0 bridgehead atoms. The van der Waals surface area contributed by atoms with Crippen molar-refractivity contribution in [1.82, 2.24) is 10.3 Å². The number of carbonyl (C=O) groups excluding carboxylic acids is 2. The van der Waals surface area contributed by atoms with Crippen molar-refractivity contribution in [3.8, 4) is 11.6 Å². The highest BCUT2D eigenvalue weighted by Gasteiger charge is 2.41. The Bertz CT molecular complexity index is 996. The lowest BCUT2D eigenvalue weighted by molar-refractivity contribution is -0.137. The standard InChI is InChI=1S/C19H14ClF3N2O4/c20-14-7-10(19(21,22)23)8-24-17(14)28-11-4-5-12-9(6-11)2-1-3-13(12)15-16(26)25-18(27)29-15/h4-8,13,15H,1-3H2,(H,25,26,27)/t13-,15+/m1/s1. The van der Waals surface area contributed by atoms with Gasteiger partial charge in [-0.2, -0.15) is 13.2 Å². The van der Waals surface area contributed by atoms with E-state index in [-0.39, 0.29) is 16.8 Å².